The second kappa shape index (κ2) is 10.3. The first kappa shape index (κ1) is 21.1. The van der Waals surface area contributed by atoms with Crippen molar-refractivity contribution in [2.45, 2.75) is 11.6 Å². The van der Waals surface area contributed by atoms with Crippen molar-refractivity contribution in [1.29, 1.82) is 0 Å². The van der Waals surface area contributed by atoms with E-state index in [1.165, 1.54) is 30.2 Å². The molecule has 0 radical (unpaired) electrons. The predicted octanol–water partition coefficient (Wildman–Crippen LogP) is 3.78. The fourth-order valence-electron chi connectivity index (χ4n) is 3.34. The minimum absolute atomic E-state index is 0.196. The highest BCUT2D eigenvalue weighted by atomic mass is 32.2. The van der Waals surface area contributed by atoms with Gasteiger partial charge in [-0.2, -0.15) is 0 Å². The van der Waals surface area contributed by atoms with E-state index >= 15 is 0 Å². The van der Waals surface area contributed by atoms with E-state index in [2.05, 4.69) is 19.8 Å². The summed E-state index contributed by atoms with van der Waals surface area (Å²) < 4.78 is 18.5. The lowest BCUT2D eigenvalue weighted by Gasteiger charge is -2.36. The summed E-state index contributed by atoms with van der Waals surface area (Å²) in [6, 6.07) is 18.1. The van der Waals surface area contributed by atoms with Gasteiger partial charge < -0.3 is 14.5 Å². The summed E-state index contributed by atoms with van der Waals surface area (Å²) in [5, 5.41) is 0.739. The molecule has 4 rings (SSSR count). The summed E-state index contributed by atoms with van der Waals surface area (Å²) in [4.78, 5) is 25.1. The molecule has 2 aromatic carbocycles. The molecule has 0 spiro atoms. The van der Waals surface area contributed by atoms with Gasteiger partial charge in [-0.05, 0) is 29.8 Å². The molecule has 0 atom stereocenters. The minimum Gasteiger partial charge on any atom is -0.460 e. The molecule has 2 heterocycles. The van der Waals surface area contributed by atoms with Gasteiger partial charge in [0.25, 0.3) is 0 Å². The number of halogens is 1. The average Bonchev–Trinajstić information content (AvgIpc) is 2.83. The quantitative estimate of drug-likeness (QED) is 0.316. The summed E-state index contributed by atoms with van der Waals surface area (Å²) >= 11 is 1.34. The number of carbonyl (C=O) groups is 1. The largest absolute Gasteiger partial charge is 0.460 e. The molecule has 3 aromatic rings. The van der Waals surface area contributed by atoms with Crippen molar-refractivity contribution >= 4 is 29.2 Å². The maximum atomic E-state index is 13.1. The Bertz CT molecular complexity index is 996. The minimum atomic E-state index is -0.276. The van der Waals surface area contributed by atoms with Gasteiger partial charge in [-0.25, -0.2) is 14.4 Å². The summed E-state index contributed by atoms with van der Waals surface area (Å²) in [6.07, 6.45) is 1.53. The first-order valence-electron chi connectivity index (χ1n) is 10.1. The number of piperazine rings is 1. The molecule has 0 N–H and O–H groups in total. The van der Waals surface area contributed by atoms with Crippen molar-refractivity contribution in [3.05, 3.63) is 78.4 Å². The van der Waals surface area contributed by atoms with Crippen LogP contribution in [0, 0.1) is 5.82 Å². The second-order valence-electron chi connectivity index (χ2n) is 7.10. The molecule has 0 saturated carbocycles. The molecule has 0 unspecified atom stereocenters. The van der Waals surface area contributed by atoms with E-state index in [-0.39, 0.29) is 24.1 Å². The third-order valence-electron chi connectivity index (χ3n) is 5.00. The molecule has 1 saturated heterocycles. The van der Waals surface area contributed by atoms with Gasteiger partial charge in [-0.1, -0.05) is 42.1 Å². The normalized spacial score (nSPS) is 13.8. The molecule has 0 bridgehead atoms. The van der Waals surface area contributed by atoms with Crippen molar-refractivity contribution < 1.29 is 13.9 Å². The Morgan fingerprint density at radius 2 is 1.68 bits per heavy atom. The molecular formula is C23H23FN4O2S. The number of carbonyl (C=O) groups excluding carboxylic acids is 1. The van der Waals surface area contributed by atoms with E-state index in [0.29, 0.717) is 0 Å². The van der Waals surface area contributed by atoms with Crippen molar-refractivity contribution in [2.75, 3.05) is 41.7 Å². The van der Waals surface area contributed by atoms with E-state index in [1.54, 1.807) is 12.1 Å². The first-order valence-corrected chi connectivity index (χ1v) is 11.1. The summed E-state index contributed by atoms with van der Waals surface area (Å²) in [5.74, 6) is 0.537. The van der Waals surface area contributed by atoms with Gasteiger partial charge in [0.15, 0.2) is 0 Å². The highest BCUT2D eigenvalue weighted by molar-refractivity contribution is 7.99. The lowest BCUT2D eigenvalue weighted by Crippen LogP contribution is -2.46. The van der Waals surface area contributed by atoms with Crippen molar-refractivity contribution in [2.24, 2.45) is 0 Å². The van der Waals surface area contributed by atoms with Crippen LogP contribution in [0.25, 0.3) is 0 Å². The van der Waals surface area contributed by atoms with E-state index in [0.717, 1.165) is 48.3 Å². The molecule has 31 heavy (non-hydrogen) atoms. The number of anilines is 2. The van der Waals surface area contributed by atoms with Crippen molar-refractivity contribution in [3.8, 4) is 0 Å². The molecule has 6 nitrogen and oxygen atoms in total. The highest BCUT2D eigenvalue weighted by Crippen LogP contribution is 2.23. The summed E-state index contributed by atoms with van der Waals surface area (Å²) in [6.45, 7) is 3.52. The Labute approximate surface area is 185 Å². The number of thioether (sulfide) groups is 1. The predicted molar refractivity (Wildman–Crippen MR) is 120 cm³/mol. The Morgan fingerprint density at radius 1 is 0.968 bits per heavy atom. The van der Waals surface area contributed by atoms with E-state index in [4.69, 9.17) is 4.74 Å². The zero-order valence-corrected chi connectivity index (χ0v) is 17.8. The fourth-order valence-corrected chi connectivity index (χ4v) is 4.00. The standard InChI is InChI=1S/C23H23FN4O2S/c24-19-6-8-20(9-7-19)27-10-12-28(13-11-27)21-14-22(26-17-25-21)31-16-23(29)30-15-18-4-2-1-3-5-18/h1-9,14,17H,10-13,15-16H2. The third-order valence-corrected chi connectivity index (χ3v) is 5.90. The van der Waals surface area contributed by atoms with Gasteiger partial charge in [0.1, 0.15) is 29.6 Å². The summed E-state index contributed by atoms with van der Waals surface area (Å²) in [5.41, 5.74) is 1.99. The lowest BCUT2D eigenvalue weighted by molar-refractivity contribution is -0.141. The smallest absolute Gasteiger partial charge is 0.316 e. The number of ether oxygens (including phenoxy) is 1. The molecule has 1 aliphatic rings. The van der Waals surface area contributed by atoms with Crippen LogP contribution in [0.15, 0.2) is 72.0 Å². The van der Waals surface area contributed by atoms with Crippen LogP contribution in [0.4, 0.5) is 15.9 Å². The molecule has 160 valence electrons. The van der Waals surface area contributed by atoms with Gasteiger partial charge in [-0.15, -0.1) is 0 Å². The SMILES string of the molecule is O=C(CSc1cc(N2CCN(c3ccc(F)cc3)CC2)ncn1)OCc1ccccc1. The number of hydrogen-bond acceptors (Lipinski definition) is 7. The second-order valence-corrected chi connectivity index (χ2v) is 8.10. The van der Waals surface area contributed by atoms with Crippen LogP contribution < -0.4 is 9.80 Å². The van der Waals surface area contributed by atoms with E-state index in [9.17, 15) is 9.18 Å². The van der Waals surface area contributed by atoms with Crippen molar-refractivity contribution in [3.63, 3.8) is 0 Å². The topological polar surface area (TPSA) is 58.6 Å². The Hall–Kier alpha value is -3.13. The van der Waals surface area contributed by atoms with Gasteiger partial charge in [-0.3, -0.25) is 4.79 Å². The Balaban J connectivity index is 1.26. The van der Waals surface area contributed by atoms with Gasteiger partial charge in [0, 0.05) is 37.9 Å². The fraction of sp³-hybridized carbons (Fsp3) is 0.261. The first-order chi connectivity index (χ1) is 15.2. The lowest BCUT2D eigenvalue weighted by atomic mass is 10.2. The molecule has 1 aromatic heterocycles. The summed E-state index contributed by atoms with van der Waals surface area (Å²) in [7, 11) is 0. The van der Waals surface area contributed by atoms with Crippen LogP contribution in [-0.4, -0.2) is 47.9 Å². The average molecular weight is 439 g/mol. The number of esters is 1. The third kappa shape index (κ3) is 5.95. The van der Waals surface area contributed by atoms with Crippen LogP contribution in [0.2, 0.25) is 0 Å². The van der Waals surface area contributed by atoms with E-state index in [1.807, 2.05) is 36.4 Å². The highest BCUT2D eigenvalue weighted by Gasteiger charge is 2.19. The van der Waals surface area contributed by atoms with E-state index < -0.39 is 0 Å². The Kier molecular flexibility index (Phi) is 6.99. The number of nitrogens with zero attached hydrogens (tertiary/aromatic N) is 4. The molecule has 0 amide bonds. The zero-order valence-electron chi connectivity index (χ0n) is 17.0. The molecule has 1 fully saturated rings. The molecular weight excluding hydrogens is 415 g/mol. The maximum Gasteiger partial charge on any atom is 0.316 e. The van der Waals surface area contributed by atoms with Crippen molar-refractivity contribution in [1.82, 2.24) is 9.97 Å². The molecule has 0 aliphatic carbocycles. The van der Waals surface area contributed by atoms with Crippen LogP contribution in [0.1, 0.15) is 5.56 Å². The van der Waals surface area contributed by atoms with Gasteiger partial charge in [0.05, 0.1) is 5.75 Å². The number of rotatable bonds is 7. The monoisotopic (exact) mass is 438 g/mol. The zero-order chi connectivity index (χ0) is 21.5. The number of hydrogen-bond donors (Lipinski definition) is 0. The van der Waals surface area contributed by atoms with Gasteiger partial charge >= 0.3 is 5.97 Å². The maximum absolute atomic E-state index is 13.1. The molecule has 8 heteroatoms. The molecule has 1 aliphatic heterocycles. The van der Waals surface area contributed by atoms with Crippen LogP contribution in [0.5, 0.6) is 0 Å². The van der Waals surface area contributed by atoms with Crippen LogP contribution in [0.3, 0.4) is 0 Å². The van der Waals surface area contributed by atoms with Gasteiger partial charge in [0.2, 0.25) is 0 Å². The van der Waals surface area contributed by atoms with Crippen LogP contribution >= 0.6 is 11.8 Å². The van der Waals surface area contributed by atoms with Crippen LogP contribution in [-0.2, 0) is 16.1 Å². The number of benzene rings is 2. The Morgan fingerprint density at radius 3 is 2.42 bits per heavy atom. The number of aromatic nitrogens is 2.